The van der Waals surface area contributed by atoms with Gasteiger partial charge in [-0.1, -0.05) is 69.2 Å². The summed E-state index contributed by atoms with van der Waals surface area (Å²) < 4.78 is 1.09. The number of nitrogens with zero attached hydrogens (tertiary/aromatic N) is 1. The van der Waals surface area contributed by atoms with Gasteiger partial charge in [-0.2, -0.15) is 0 Å². The highest BCUT2D eigenvalue weighted by atomic mass is 79.9. The van der Waals surface area contributed by atoms with Crippen molar-refractivity contribution in [3.8, 4) is 5.75 Å². The van der Waals surface area contributed by atoms with Crippen molar-refractivity contribution >= 4 is 85.1 Å². The van der Waals surface area contributed by atoms with Gasteiger partial charge in [0.1, 0.15) is 5.75 Å². The van der Waals surface area contributed by atoms with E-state index in [9.17, 15) is 9.90 Å². The first-order valence-electron chi connectivity index (χ1n) is 6.58. The molecule has 2 aromatic carbocycles. The average molecular weight is 461 g/mol. The van der Waals surface area contributed by atoms with Crippen molar-refractivity contribution in [2.45, 2.75) is 0 Å². The zero-order valence-electron chi connectivity index (χ0n) is 11.8. The van der Waals surface area contributed by atoms with Gasteiger partial charge in [-0.05, 0) is 36.4 Å². The lowest BCUT2D eigenvalue weighted by atomic mass is 10.2. The fourth-order valence-electron chi connectivity index (χ4n) is 2.14. The number of thioether (sulfide) groups is 1. The summed E-state index contributed by atoms with van der Waals surface area (Å²) in [5.74, 6) is -0.365. The molecule has 2 aromatic rings. The Labute approximate surface area is 166 Å². The van der Waals surface area contributed by atoms with Gasteiger partial charge in [0, 0.05) is 15.1 Å². The summed E-state index contributed by atoms with van der Waals surface area (Å²) >= 11 is 21.7. The number of amides is 1. The van der Waals surface area contributed by atoms with Gasteiger partial charge in [-0.15, -0.1) is 0 Å². The molecule has 0 radical (unpaired) electrons. The first-order valence-corrected chi connectivity index (χ1v) is 9.35. The molecule has 1 amide bonds. The SMILES string of the molecule is O=C1/C(=C\c2cc(Br)cc(Cl)c2O)SC(=S)N1c1cccc(Cl)c1. The number of carbonyl (C=O) groups excluding carboxylic acids is 1. The van der Waals surface area contributed by atoms with Crippen molar-refractivity contribution in [2.75, 3.05) is 4.90 Å². The molecule has 1 fully saturated rings. The minimum atomic E-state index is -0.275. The Morgan fingerprint density at radius 3 is 2.71 bits per heavy atom. The van der Waals surface area contributed by atoms with Crippen molar-refractivity contribution in [3.05, 3.63) is 61.4 Å². The fraction of sp³-hybridized carbons (Fsp3) is 0. The van der Waals surface area contributed by atoms with Crippen LogP contribution in [0.4, 0.5) is 5.69 Å². The second-order valence-corrected chi connectivity index (χ2v) is 8.26. The topological polar surface area (TPSA) is 40.5 Å². The van der Waals surface area contributed by atoms with Crippen LogP contribution in [0.2, 0.25) is 10.0 Å². The highest BCUT2D eigenvalue weighted by Gasteiger charge is 2.33. The number of hydrogen-bond acceptors (Lipinski definition) is 4. The quantitative estimate of drug-likeness (QED) is 0.449. The maximum Gasteiger partial charge on any atom is 0.270 e. The third-order valence-electron chi connectivity index (χ3n) is 3.20. The van der Waals surface area contributed by atoms with E-state index in [0.717, 1.165) is 11.8 Å². The molecule has 1 N–H and O–H groups in total. The standard InChI is InChI=1S/C16H8BrCl2NO2S2/c17-9-4-8(14(21)12(19)6-9)5-13-15(22)20(16(23)24-13)11-3-1-2-10(18)7-11/h1-7,21H/b13-5+. The predicted molar refractivity (Wildman–Crippen MR) is 108 cm³/mol. The molecule has 3 nitrogen and oxygen atoms in total. The predicted octanol–water partition coefficient (Wildman–Crippen LogP) is 5.87. The molecule has 24 heavy (non-hydrogen) atoms. The Kier molecular flexibility index (Phi) is 5.22. The maximum atomic E-state index is 12.7. The molecular formula is C16H8BrCl2NO2S2. The monoisotopic (exact) mass is 459 g/mol. The van der Waals surface area contributed by atoms with Gasteiger partial charge in [0.15, 0.2) is 4.32 Å². The molecule has 3 rings (SSSR count). The molecule has 8 heteroatoms. The molecule has 1 heterocycles. The molecule has 1 saturated heterocycles. The number of benzene rings is 2. The smallest absolute Gasteiger partial charge is 0.270 e. The molecule has 0 saturated carbocycles. The van der Waals surface area contributed by atoms with Crippen LogP contribution < -0.4 is 4.90 Å². The molecule has 0 unspecified atom stereocenters. The molecule has 0 spiro atoms. The Hall–Kier alpha value is -1.05. The minimum absolute atomic E-state index is 0.0899. The van der Waals surface area contributed by atoms with Gasteiger partial charge in [0.2, 0.25) is 0 Å². The van der Waals surface area contributed by atoms with Crippen LogP contribution in [0.25, 0.3) is 6.08 Å². The first kappa shape index (κ1) is 17.8. The van der Waals surface area contributed by atoms with Crippen LogP contribution in [-0.4, -0.2) is 15.3 Å². The Balaban J connectivity index is 2.00. The first-order chi connectivity index (χ1) is 11.4. The van der Waals surface area contributed by atoms with Crippen molar-refractivity contribution in [1.82, 2.24) is 0 Å². The van der Waals surface area contributed by atoms with E-state index in [-0.39, 0.29) is 16.7 Å². The van der Waals surface area contributed by atoms with Crippen LogP contribution in [0, 0.1) is 0 Å². The van der Waals surface area contributed by atoms with Crippen molar-refractivity contribution in [1.29, 1.82) is 0 Å². The number of aromatic hydroxyl groups is 1. The molecule has 1 aliphatic rings. The van der Waals surface area contributed by atoms with Crippen LogP contribution >= 0.6 is 63.1 Å². The van der Waals surface area contributed by atoms with E-state index >= 15 is 0 Å². The van der Waals surface area contributed by atoms with E-state index < -0.39 is 0 Å². The lowest BCUT2D eigenvalue weighted by molar-refractivity contribution is -0.113. The van der Waals surface area contributed by atoms with E-state index in [4.69, 9.17) is 35.4 Å². The third-order valence-corrected chi connectivity index (χ3v) is 5.49. The molecule has 0 aliphatic carbocycles. The molecule has 0 aromatic heterocycles. The lowest BCUT2D eigenvalue weighted by Gasteiger charge is -2.14. The summed E-state index contributed by atoms with van der Waals surface area (Å²) in [5, 5.41) is 10.8. The Bertz CT molecular complexity index is 902. The van der Waals surface area contributed by atoms with Crippen molar-refractivity contribution < 1.29 is 9.90 Å². The summed E-state index contributed by atoms with van der Waals surface area (Å²) in [6.45, 7) is 0. The summed E-state index contributed by atoms with van der Waals surface area (Å²) in [6.07, 6.45) is 1.57. The Morgan fingerprint density at radius 1 is 1.25 bits per heavy atom. The number of phenolic OH excluding ortho intramolecular Hbond substituents is 1. The van der Waals surface area contributed by atoms with E-state index in [1.54, 1.807) is 42.5 Å². The molecule has 0 bridgehead atoms. The van der Waals surface area contributed by atoms with Crippen LogP contribution in [0.3, 0.4) is 0 Å². The van der Waals surface area contributed by atoms with E-state index in [0.29, 0.717) is 30.0 Å². The zero-order valence-corrected chi connectivity index (χ0v) is 16.5. The van der Waals surface area contributed by atoms with E-state index in [1.165, 1.54) is 4.90 Å². The van der Waals surface area contributed by atoms with E-state index in [1.807, 2.05) is 0 Å². The maximum absolute atomic E-state index is 12.7. The summed E-state index contributed by atoms with van der Waals surface area (Å²) in [6, 6.07) is 10.1. The Morgan fingerprint density at radius 2 is 2.00 bits per heavy atom. The normalized spacial score (nSPS) is 16.3. The van der Waals surface area contributed by atoms with Gasteiger partial charge in [0.05, 0.1) is 15.6 Å². The zero-order chi connectivity index (χ0) is 17.4. The van der Waals surface area contributed by atoms with Crippen molar-refractivity contribution in [2.24, 2.45) is 0 Å². The third kappa shape index (κ3) is 3.48. The molecule has 122 valence electrons. The minimum Gasteiger partial charge on any atom is -0.506 e. The second-order valence-electron chi connectivity index (χ2n) is 4.82. The second kappa shape index (κ2) is 7.06. The fourth-order valence-corrected chi connectivity index (χ4v) is 4.45. The number of thiocarbonyl (C=S) groups is 1. The highest BCUT2D eigenvalue weighted by Crippen LogP contribution is 2.39. The van der Waals surface area contributed by atoms with Crippen LogP contribution in [0.15, 0.2) is 45.8 Å². The molecule has 1 aliphatic heterocycles. The number of carbonyl (C=O) groups is 1. The van der Waals surface area contributed by atoms with Crippen molar-refractivity contribution in [3.63, 3.8) is 0 Å². The number of anilines is 1. The van der Waals surface area contributed by atoms with Gasteiger partial charge in [0.25, 0.3) is 5.91 Å². The highest BCUT2D eigenvalue weighted by molar-refractivity contribution is 9.10. The average Bonchev–Trinajstić information content (AvgIpc) is 2.78. The number of hydrogen-bond donors (Lipinski definition) is 1. The number of halogens is 3. The number of phenols is 1. The van der Waals surface area contributed by atoms with Crippen LogP contribution in [0.1, 0.15) is 5.56 Å². The summed E-state index contributed by atoms with van der Waals surface area (Å²) in [4.78, 5) is 14.5. The van der Waals surface area contributed by atoms with Gasteiger partial charge >= 0.3 is 0 Å². The summed E-state index contributed by atoms with van der Waals surface area (Å²) in [7, 11) is 0. The van der Waals surface area contributed by atoms with Gasteiger partial charge in [-0.25, -0.2) is 0 Å². The van der Waals surface area contributed by atoms with Crippen LogP contribution in [-0.2, 0) is 4.79 Å². The van der Waals surface area contributed by atoms with Gasteiger partial charge in [-0.3, -0.25) is 9.69 Å². The van der Waals surface area contributed by atoms with E-state index in [2.05, 4.69) is 15.9 Å². The summed E-state index contributed by atoms with van der Waals surface area (Å²) in [5.41, 5.74) is 1.03. The number of rotatable bonds is 2. The molecular weight excluding hydrogens is 453 g/mol. The lowest BCUT2D eigenvalue weighted by Crippen LogP contribution is -2.27. The molecule has 0 atom stereocenters. The largest absolute Gasteiger partial charge is 0.506 e. The van der Waals surface area contributed by atoms with Gasteiger partial charge < -0.3 is 5.11 Å². The van der Waals surface area contributed by atoms with Crippen LogP contribution in [0.5, 0.6) is 5.75 Å².